The van der Waals surface area contributed by atoms with Crippen molar-refractivity contribution < 1.29 is 21.6 Å². The molecule has 1 saturated heterocycles. The van der Waals surface area contributed by atoms with Crippen molar-refractivity contribution in [2.24, 2.45) is 0 Å². The first-order valence-electron chi connectivity index (χ1n) is 7.66. The average molecular weight is 377 g/mol. The van der Waals surface area contributed by atoms with E-state index in [-0.39, 0.29) is 18.0 Å². The van der Waals surface area contributed by atoms with Gasteiger partial charge in [0.2, 0.25) is 10.0 Å². The molecule has 0 radical (unpaired) electrons. The third-order valence-electron chi connectivity index (χ3n) is 3.91. The molecule has 0 amide bonds. The number of nitrogens with zero attached hydrogens (tertiary/aromatic N) is 2. The largest absolute Gasteiger partial charge is 0.497 e. The zero-order valence-corrected chi connectivity index (χ0v) is 15.6. The third-order valence-corrected chi connectivity index (χ3v) is 7.58. The van der Waals surface area contributed by atoms with Gasteiger partial charge in [-0.05, 0) is 24.3 Å². The van der Waals surface area contributed by atoms with Crippen molar-refractivity contribution >= 4 is 20.2 Å². The Balaban J connectivity index is 2.00. The molecule has 1 heterocycles. The predicted molar refractivity (Wildman–Crippen MR) is 90.5 cm³/mol. The van der Waals surface area contributed by atoms with Crippen LogP contribution in [0, 0.1) is 0 Å². The first-order chi connectivity index (χ1) is 11.2. The van der Waals surface area contributed by atoms with Crippen molar-refractivity contribution in [2.75, 3.05) is 33.3 Å². The van der Waals surface area contributed by atoms with Crippen LogP contribution in [0.2, 0.25) is 0 Å². The summed E-state index contributed by atoms with van der Waals surface area (Å²) < 4.78 is 59.3. The second-order valence-electron chi connectivity index (χ2n) is 5.40. The summed E-state index contributed by atoms with van der Waals surface area (Å²) in [6, 6.07) is 5.69. The van der Waals surface area contributed by atoms with Crippen LogP contribution in [-0.4, -0.2) is 64.8 Å². The normalized spacial score (nSPS) is 17.0. The monoisotopic (exact) mass is 377 g/mol. The minimum Gasteiger partial charge on any atom is -0.497 e. The Morgan fingerprint density at radius 3 is 2.12 bits per heavy atom. The van der Waals surface area contributed by atoms with E-state index in [1.54, 1.807) is 26.0 Å². The number of benzene rings is 1. The topological polar surface area (TPSA) is 96.0 Å². The molecule has 136 valence electrons. The number of rotatable bonds is 8. The number of nitrogens with one attached hydrogen (secondary N) is 1. The number of methoxy groups -OCH3 is 1. The summed E-state index contributed by atoms with van der Waals surface area (Å²) in [4.78, 5) is 0.161. The smallest absolute Gasteiger partial charge is 0.279 e. The summed E-state index contributed by atoms with van der Waals surface area (Å²) in [6.45, 7) is 4.48. The molecule has 0 aromatic heterocycles. The van der Waals surface area contributed by atoms with Gasteiger partial charge in [0, 0.05) is 26.2 Å². The van der Waals surface area contributed by atoms with E-state index in [9.17, 15) is 16.8 Å². The van der Waals surface area contributed by atoms with Gasteiger partial charge in [0.1, 0.15) is 5.75 Å². The lowest BCUT2D eigenvalue weighted by molar-refractivity contribution is 0.246. The summed E-state index contributed by atoms with van der Waals surface area (Å²) in [6.07, 6.45) is 0. The van der Waals surface area contributed by atoms with Crippen molar-refractivity contribution in [1.29, 1.82) is 0 Å². The zero-order valence-electron chi connectivity index (χ0n) is 14.0. The van der Waals surface area contributed by atoms with Crippen LogP contribution in [-0.2, 0) is 20.2 Å². The first-order valence-corrected chi connectivity index (χ1v) is 10.5. The SMILES string of the molecule is CCN(CC)S(=O)(=O)NC1CN(S(=O)(=O)c2ccc(OC)cc2)C1. The maximum absolute atomic E-state index is 12.5. The molecule has 8 nitrogen and oxygen atoms in total. The van der Waals surface area contributed by atoms with Gasteiger partial charge in [0.25, 0.3) is 10.2 Å². The summed E-state index contributed by atoms with van der Waals surface area (Å²) >= 11 is 0. The van der Waals surface area contributed by atoms with E-state index >= 15 is 0 Å². The van der Waals surface area contributed by atoms with Crippen LogP contribution in [0.3, 0.4) is 0 Å². The van der Waals surface area contributed by atoms with E-state index in [1.165, 1.54) is 27.9 Å². The molecule has 1 fully saturated rings. The van der Waals surface area contributed by atoms with E-state index in [0.29, 0.717) is 18.8 Å². The van der Waals surface area contributed by atoms with Crippen LogP contribution in [0.5, 0.6) is 5.75 Å². The molecule has 0 spiro atoms. The Kier molecular flexibility index (Phi) is 5.87. The third kappa shape index (κ3) is 3.89. The standard InChI is InChI=1S/C14H23N3O5S2/c1-4-16(5-2)24(20,21)15-12-10-17(11-12)23(18,19)14-8-6-13(22-3)7-9-14/h6-9,12,15H,4-5,10-11H2,1-3H3. The van der Waals surface area contributed by atoms with Crippen LogP contribution in [0.1, 0.15) is 13.8 Å². The lowest BCUT2D eigenvalue weighted by atomic mass is 10.2. The van der Waals surface area contributed by atoms with Gasteiger partial charge in [-0.1, -0.05) is 13.8 Å². The lowest BCUT2D eigenvalue weighted by Crippen LogP contribution is -2.62. The molecule has 1 aromatic carbocycles. The summed E-state index contributed by atoms with van der Waals surface area (Å²) in [5, 5.41) is 0. The Hall–Kier alpha value is -1.20. The average Bonchev–Trinajstić information content (AvgIpc) is 2.51. The van der Waals surface area contributed by atoms with Gasteiger partial charge in [0.15, 0.2) is 0 Å². The van der Waals surface area contributed by atoms with E-state index in [0.717, 1.165) is 0 Å². The molecule has 0 atom stereocenters. The van der Waals surface area contributed by atoms with Crippen molar-refractivity contribution in [3.05, 3.63) is 24.3 Å². The van der Waals surface area contributed by atoms with Crippen LogP contribution in [0.4, 0.5) is 0 Å². The fourth-order valence-corrected chi connectivity index (χ4v) is 5.38. The molecule has 1 aliphatic rings. The molecule has 0 aliphatic carbocycles. The minimum absolute atomic E-state index is 0.120. The Labute approximate surface area is 143 Å². The molecular weight excluding hydrogens is 354 g/mol. The lowest BCUT2D eigenvalue weighted by Gasteiger charge is -2.38. The van der Waals surface area contributed by atoms with Crippen LogP contribution >= 0.6 is 0 Å². The van der Waals surface area contributed by atoms with Gasteiger partial charge in [0.05, 0.1) is 18.0 Å². The van der Waals surface area contributed by atoms with Gasteiger partial charge in [-0.15, -0.1) is 0 Å². The molecule has 1 aliphatic heterocycles. The molecular formula is C14H23N3O5S2. The molecule has 24 heavy (non-hydrogen) atoms. The van der Waals surface area contributed by atoms with E-state index in [2.05, 4.69) is 4.72 Å². The molecule has 10 heteroatoms. The summed E-state index contributed by atoms with van der Waals surface area (Å²) in [5.41, 5.74) is 0. The van der Waals surface area contributed by atoms with Crippen molar-refractivity contribution in [2.45, 2.75) is 24.8 Å². The predicted octanol–water partition coefficient (Wildman–Crippen LogP) is 0.244. The molecule has 2 rings (SSSR count). The quantitative estimate of drug-likeness (QED) is 0.700. The van der Waals surface area contributed by atoms with Crippen molar-refractivity contribution in [3.63, 3.8) is 0 Å². The highest BCUT2D eigenvalue weighted by Crippen LogP contribution is 2.24. The highest BCUT2D eigenvalue weighted by Gasteiger charge is 2.39. The van der Waals surface area contributed by atoms with Crippen LogP contribution in [0.25, 0.3) is 0 Å². The van der Waals surface area contributed by atoms with Gasteiger partial charge >= 0.3 is 0 Å². The van der Waals surface area contributed by atoms with Gasteiger partial charge < -0.3 is 4.74 Å². The molecule has 1 N–H and O–H groups in total. The molecule has 0 saturated carbocycles. The van der Waals surface area contributed by atoms with E-state index < -0.39 is 26.3 Å². The molecule has 1 aromatic rings. The molecule has 0 unspecified atom stereocenters. The van der Waals surface area contributed by atoms with Crippen LogP contribution in [0.15, 0.2) is 29.2 Å². The van der Waals surface area contributed by atoms with Gasteiger partial charge in [-0.3, -0.25) is 0 Å². The summed E-state index contributed by atoms with van der Waals surface area (Å²) in [5.74, 6) is 0.572. The van der Waals surface area contributed by atoms with Crippen LogP contribution < -0.4 is 9.46 Å². The zero-order chi connectivity index (χ0) is 18.0. The summed E-state index contributed by atoms with van der Waals surface area (Å²) in [7, 11) is -5.69. The maximum Gasteiger partial charge on any atom is 0.279 e. The Bertz CT molecular complexity index is 752. The number of sulfonamides is 1. The second-order valence-corrected chi connectivity index (χ2v) is 9.04. The van der Waals surface area contributed by atoms with E-state index in [1.807, 2.05) is 0 Å². The fraction of sp³-hybridized carbons (Fsp3) is 0.571. The minimum atomic E-state index is -3.62. The van der Waals surface area contributed by atoms with E-state index in [4.69, 9.17) is 4.74 Å². The molecule has 0 bridgehead atoms. The fourth-order valence-electron chi connectivity index (χ4n) is 2.45. The second kappa shape index (κ2) is 7.36. The van der Waals surface area contributed by atoms with Gasteiger partial charge in [-0.2, -0.15) is 21.8 Å². The highest BCUT2D eigenvalue weighted by atomic mass is 32.2. The number of hydrogen-bond acceptors (Lipinski definition) is 5. The Morgan fingerprint density at radius 2 is 1.67 bits per heavy atom. The van der Waals surface area contributed by atoms with Crippen molar-refractivity contribution in [1.82, 2.24) is 13.3 Å². The highest BCUT2D eigenvalue weighted by molar-refractivity contribution is 7.89. The number of ether oxygens (including phenoxy) is 1. The van der Waals surface area contributed by atoms with Crippen molar-refractivity contribution in [3.8, 4) is 5.75 Å². The Morgan fingerprint density at radius 1 is 1.12 bits per heavy atom. The first kappa shape index (κ1) is 19.1. The number of hydrogen-bond donors (Lipinski definition) is 1. The van der Waals surface area contributed by atoms with Gasteiger partial charge in [-0.25, -0.2) is 8.42 Å². The maximum atomic E-state index is 12.5.